The molecule has 6 heteroatoms. The highest BCUT2D eigenvalue weighted by Crippen LogP contribution is 2.31. The Balaban J connectivity index is 2.14. The third kappa shape index (κ3) is 3.66. The number of ether oxygens (including phenoxy) is 1. The van der Waals surface area contributed by atoms with Crippen LogP contribution >= 0.6 is 11.8 Å². The maximum atomic E-state index is 11.0. The first-order valence-electron chi connectivity index (χ1n) is 6.31. The van der Waals surface area contributed by atoms with Crippen LogP contribution in [0.1, 0.15) is 11.1 Å². The van der Waals surface area contributed by atoms with Crippen molar-refractivity contribution >= 4 is 23.1 Å². The third-order valence-electron chi connectivity index (χ3n) is 3.09. The van der Waals surface area contributed by atoms with Crippen LogP contribution in [-0.2, 0) is 5.75 Å². The molecule has 0 aromatic heterocycles. The van der Waals surface area contributed by atoms with Gasteiger partial charge in [0.15, 0.2) is 5.75 Å². The van der Waals surface area contributed by atoms with Crippen molar-refractivity contribution in [3.63, 3.8) is 0 Å². The molecule has 0 aliphatic rings. The van der Waals surface area contributed by atoms with Gasteiger partial charge in [0.25, 0.3) is 0 Å². The van der Waals surface area contributed by atoms with Gasteiger partial charge in [-0.3, -0.25) is 10.1 Å². The van der Waals surface area contributed by atoms with Gasteiger partial charge in [-0.15, -0.1) is 11.8 Å². The minimum Gasteiger partial charge on any atom is -0.490 e. The van der Waals surface area contributed by atoms with Gasteiger partial charge in [0.05, 0.1) is 12.0 Å². The summed E-state index contributed by atoms with van der Waals surface area (Å²) in [6.45, 7) is 1.96. The number of hydrogen-bond acceptors (Lipinski definition) is 5. The molecule has 2 rings (SSSR count). The van der Waals surface area contributed by atoms with E-state index in [0.717, 1.165) is 21.7 Å². The Bertz CT molecular complexity index is 674. The summed E-state index contributed by atoms with van der Waals surface area (Å²) in [5, 5.41) is 11.0. The van der Waals surface area contributed by atoms with Crippen LogP contribution in [0.5, 0.6) is 5.75 Å². The highest BCUT2D eigenvalue weighted by Gasteiger charge is 2.15. The molecule has 0 amide bonds. The lowest BCUT2D eigenvalue weighted by atomic mass is 10.2. The maximum absolute atomic E-state index is 11.0. The van der Waals surface area contributed by atoms with Crippen LogP contribution < -0.4 is 10.5 Å². The minimum atomic E-state index is -0.430. The first-order valence-corrected chi connectivity index (χ1v) is 7.30. The minimum absolute atomic E-state index is 0.0101. The lowest BCUT2D eigenvalue weighted by Crippen LogP contribution is -1.95. The summed E-state index contributed by atoms with van der Waals surface area (Å²) < 4.78 is 4.99. The Kier molecular flexibility index (Phi) is 4.70. The van der Waals surface area contributed by atoms with Crippen LogP contribution in [0.15, 0.2) is 41.3 Å². The van der Waals surface area contributed by atoms with E-state index in [-0.39, 0.29) is 11.4 Å². The average Bonchev–Trinajstić information content (AvgIpc) is 2.48. The number of benzene rings is 2. The lowest BCUT2D eigenvalue weighted by molar-refractivity contribution is -0.385. The standard InChI is InChI=1S/C15H16N2O3S/c1-10-7-12(4-5-13(10)16)21-9-11-3-6-15(20-2)14(8-11)17(18)19/h3-8H,9,16H2,1-2H3. The van der Waals surface area contributed by atoms with Gasteiger partial charge in [-0.25, -0.2) is 0 Å². The second kappa shape index (κ2) is 6.49. The summed E-state index contributed by atoms with van der Waals surface area (Å²) in [6, 6.07) is 10.8. The van der Waals surface area contributed by atoms with Gasteiger partial charge < -0.3 is 10.5 Å². The van der Waals surface area contributed by atoms with E-state index in [2.05, 4.69) is 0 Å². The number of anilines is 1. The van der Waals surface area contributed by atoms with E-state index in [1.165, 1.54) is 7.11 Å². The van der Waals surface area contributed by atoms with Crippen LogP contribution in [0.4, 0.5) is 11.4 Å². The largest absolute Gasteiger partial charge is 0.490 e. The van der Waals surface area contributed by atoms with E-state index in [1.54, 1.807) is 23.9 Å². The first kappa shape index (κ1) is 15.2. The van der Waals surface area contributed by atoms with Gasteiger partial charge in [0.1, 0.15) is 0 Å². The van der Waals surface area contributed by atoms with Crippen molar-refractivity contribution in [1.29, 1.82) is 0 Å². The zero-order chi connectivity index (χ0) is 15.4. The number of nitro benzene ring substituents is 1. The summed E-state index contributed by atoms with van der Waals surface area (Å²) in [6.07, 6.45) is 0. The van der Waals surface area contributed by atoms with E-state index in [0.29, 0.717) is 5.75 Å². The molecule has 0 aliphatic carbocycles. The monoisotopic (exact) mass is 304 g/mol. The number of thioether (sulfide) groups is 1. The van der Waals surface area contributed by atoms with Crippen molar-refractivity contribution in [2.24, 2.45) is 0 Å². The molecule has 0 atom stereocenters. The number of aryl methyl sites for hydroxylation is 1. The summed E-state index contributed by atoms with van der Waals surface area (Å²) >= 11 is 1.61. The average molecular weight is 304 g/mol. The van der Waals surface area contributed by atoms with E-state index in [9.17, 15) is 10.1 Å². The molecule has 0 heterocycles. The van der Waals surface area contributed by atoms with Crippen molar-refractivity contribution in [3.8, 4) is 5.75 Å². The Labute approximate surface area is 127 Å². The van der Waals surface area contributed by atoms with Gasteiger partial charge in [0, 0.05) is 22.4 Å². The predicted octanol–water partition coefficient (Wildman–Crippen LogP) is 3.79. The van der Waals surface area contributed by atoms with Gasteiger partial charge in [-0.1, -0.05) is 6.07 Å². The van der Waals surface area contributed by atoms with Crippen molar-refractivity contribution in [3.05, 3.63) is 57.6 Å². The number of nitrogen functional groups attached to an aromatic ring is 1. The molecule has 2 aromatic carbocycles. The molecule has 0 fully saturated rings. The highest BCUT2D eigenvalue weighted by atomic mass is 32.2. The van der Waals surface area contributed by atoms with Gasteiger partial charge in [-0.05, 0) is 42.3 Å². The van der Waals surface area contributed by atoms with Crippen LogP contribution in [-0.4, -0.2) is 12.0 Å². The van der Waals surface area contributed by atoms with E-state index in [4.69, 9.17) is 10.5 Å². The number of hydrogen-bond donors (Lipinski definition) is 1. The molecule has 0 saturated heterocycles. The molecule has 0 bridgehead atoms. The molecule has 0 saturated carbocycles. The molecule has 0 aliphatic heterocycles. The Morgan fingerprint density at radius 2 is 2.05 bits per heavy atom. The molecular formula is C15H16N2O3S. The van der Waals surface area contributed by atoms with Crippen molar-refractivity contribution in [1.82, 2.24) is 0 Å². The van der Waals surface area contributed by atoms with Crippen molar-refractivity contribution in [2.45, 2.75) is 17.6 Å². The third-order valence-corrected chi connectivity index (χ3v) is 4.15. The first-order chi connectivity index (χ1) is 10.0. The normalized spacial score (nSPS) is 10.4. The van der Waals surface area contributed by atoms with Crippen LogP contribution in [0, 0.1) is 17.0 Å². The van der Waals surface area contributed by atoms with Gasteiger partial charge >= 0.3 is 5.69 Å². The number of nitrogens with two attached hydrogens (primary N) is 1. The topological polar surface area (TPSA) is 78.4 Å². The number of nitrogens with zero attached hydrogens (tertiary/aromatic N) is 1. The Morgan fingerprint density at radius 3 is 2.67 bits per heavy atom. The molecule has 5 nitrogen and oxygen atoms in total. The van der Waals surface area contributed by atoms with Crippen molar-refractivity contribution in [2.75, 3.05) is 12.8 Å². The SMILES string of the molecule is COc1ccc(CSc2ccc(N)c(C)c2)cc1[N+](=O)[O-]. The predicted molar refractivity (Wildman–Crippen MR) is 84.8 cm³/mol. The van der Waals surface area contributed by atoms with Crippen LogP contribution in [0.25, 0.3) is 0 Å². The zero-order valence-corrected chi connectivity index (χ0v) is 12.6. The number of methoxy groups -OCH3 is 1. The molecule has 0 unspecified atom stereocenters. The van der Waals surface area contributed by atoms with Gasteiger partial charge in [-0.2, -0.15) is 0 Å². The smallest absolute Gasteiger partial charge is 0.311 e. The fraction of sp³-hybridized carbons (Fsp3) is 0.200. The van der Waals surface area contributed by atoms with Crippen LogP contribution in [0.2, 0.25) is 0 Å². The second-order valence-electron chi connectivity index (χ2n) is 4.57. The van der Waals surface area contributed by atoms with E-state index >= 15 is 0 Å². The summed E-state index contributed by atoms with van der Waals surface area (Å²) in [7, 11) is 1.42. The lowest BCUT2D eigenvalue weighted by Gasteiger charge is -2.07. The van der Waals surface area contributed by atoms with Gasteiger partial charge in [0.2, 0.25) is 0 Å². The number of nitro groups is 1. The number of rotatable bonds is 5. The van der Waals surface area contributed by atoms with Crippen molar-refractivity contribution < 1.29 is 9.66 Å². The van der Waals surface area contributed by atoms with E-state index in [1.807, 2.05) is 31.2 Å². The van der Waals surface area contributed by atoms with Crippen LogP contribution in [0.3, 0.4) is 0 Å². The summed E-state index contributed by atoms with van der Waals surface area (Å²) in [5.74, 6) is 0.922. The maximum Gasteiger partial charge on any atom is 0.311 e. The quantitative estimate of drug-likeness (QED) is 0.393. The molecular weight excluding hydrogens is 288 g/mol. The Morgan fingerprint density at radius 1 is 1.29 bits per heavy atom. The summed E-state index contributed by atoms with van der Waals surface area (Å²) in [4.78, 5) is 11.6. The Hall–Kier alpha value is -2.21. The second-order valence-corrected chi connectivity index (χ2v) is 5.62. The molecule has 110 valence electrons. The molecule has 2 N–H and O–H groups in total. The zero-order valence-electron chi connectivity index (χ0n) is 11.8. The van der Waals surface area contributed by atoms with E-state index < -0.39 is 4.92 Å². The molecule has 0 spiro atoms. The molecule has 2 aromatic rings. The highest BCUT2D eigenvalue weighted by molar-refractivity contribution is 7.98. The molecule has 0 radical (unpaired) electrons. The fourth-order valence-corrected chi connectivity index (χ4v) is 2.81. The fourth-order valence-electron chi connectivity index (χ4n) is 1.87. The summed E-state index contributed by atoms with van der Waals surface area (Å²) in [5.41, 5.74) is 8.44. The molecule has 21 heavy (non-hydrogen) atoms.